The maximum absolute atomic E-state index is 12.3. The normalized spacial score (nSPS) is 11.8. The second kappa shape index (κ2) is 3.78. The quantitative estimate of drug-likeness (QED) is 0.769. The van der Waals surface area contributed by atoms with Gasteiger partial charge in [0.15, 0.2) is 0 Å². The van der Waals surface area contributed by atoms with Crippen LogP contribution >= 0.6 is 15.9 Å². The topological polar surface area (TPSA) is 52.0 Å². The van der Waals surface area contributed by atoms with Gasteiger partial charge in [-0.2, -0.15) is 13.2 Å². The van der Waals surface area contributed by atoms with Gasteiger partial charge in [0, 0.05) is 16.7 Å². The highest BCUT2D eigenvalue weighted by molar-refractivity contribution is 9.10. The van der Waals surface area contributed by atoms with E-state index in [1.165, 1.54) is 0 Å². The molecule has 4 N–H and O–H groups in total. The molecule has 0 atom stereocenters. The fraction of sp³-hybridized carbons (Fsp3) is 0.250. The van der Waals surface area contributed by atoms with Gasteiger partial charge in [-0.1, -0.05) is 0 Å². The van der Waals surface area contributed by atoms with Gasteiger partial charge in [-0.3, -0.25) is 0 Å². The summed E-state index contributed by atoms with van der Waals surface area (Å²) in [5.41, 5.74) is 10.3. The van der Waals surface area contributed by atoms with E-state index in [2.05, 4.69) is 15.9 Å². The van der Waals surface area contributed by atoms with E-state index in [1.54, 1.807) is 0 Å². The van der Waals surface area contributed by atoms with Gasteiger partial charge in [0.2, 0.25) is 0 Å². The number of hydrogen-bond donors (Lipinski definition) is 2. The van der Waals surface area contributed by atoms with Crippen molar-refractivity contribution in [3.63, 3.8) is 0 Å². The molecule has 0 bridgehead atoms. The van der Waals surface area contributed by atoms with E-state index >= 15 is 0 Å². The predicted molar refractivity (Wildman–Crippen MR) is 51.4 cm³/mol. The largest absolute Gasteiger partial charge is 0.416 e. The second-order valence-corrected chi connectivity index (χ2v) is 3.53. The molecule has 0 aliphatic carbocycles. The van der Waals surface area contributed by atoms with Crippen molar-refractivity contribution in [1.29, 1.82) is 0 Å². The third kappa shape index (κ3) is 2.19. The summed E-state index contributed by atoms with van der Waals surface area (Å²) in [6, 6.07) is 1.86. The first-order chi connectivity index (χ1) is 6.36. The summed E-state index contributed by atoms with van der Waals surface area (Å²) in [4.78, 5) is 0. The highest BCUT2D eigenvalue weighted by atomic mass is 79.9. The summed E-state index contributed by atoms with van der Waals surface area (Å²) >= 11 is 3.07. The molecule has 0 aliphatic rings. The van der Waals surface area contributed by atoms with Gasteiger partial charge in [0.25, 0.3) is 0 Å². The van der Waals surface area contributed by atoms with Gasteiger partial charge in [-0.05, 0) is 33.6 Å². The van der Waals surface area contributed by atoms with Crippen LogP contribution in [0.5, 0.6) is 0 Å². The van der Waals surface area contributed by atoms with Crippen LogP contribution in [0, 0.1) is 0 Å². The molecule has 1 aromatic carbocycles. The Labute approximate surface area is 87.2 Å². The molecular weight excluding hydrogens is 261 g/mol. The first-order valence-corrected chi connectivity index (χ1v) is 4.50. The van der Waals surface area contributed by atoms with Crippen molar-refractivity contribution in [2.45, 2.75) is 12.7 Å². The van der Waals surface area contributed by atoms with E-state index < -0.39 is 11.7 Å². The molecule has 6 heteroatoms. The lowest BCUT2D eigenvalue weighted by Crippen LogP contribution is -2.09. The minimum absolute atomic E-state index is 0.00863. The van der Waals surface area contributed by atoms with E-state index in [-0.39, 0.29) is 12.2 Å². The van der Waals surface area contributed by atoms with Crippen LogP contribution in [0.1, 0.15) is 11.1 Å². The first kappa shape index (κ1) is 11.3. The zero-order valence-electron chi connectivity index (χ0n) is 7.03. The fourth-order valence-corrected chi connectivity index (χ4v) is 1.41. The molecule has 1 aromatic rings. The lowest BCUT2D eigenvalue weighted by Gasteiger charge is -2.11. The van der Waals surface area contributed by atoms with Crippen molar-refractivity contribution in [2.75, 3.05) is 5.73 Å². The van der Waals surface area contributed by atoms with E-state index in [1.807, 2.05) is 0 Å². The average Bonchev–Trinajstić information content (AvgIpc) is 2.07. The predicted octanol–water partition coefficient (Wildman–Crippen LogP) is 2.51. The standard InChI is InChI=1S/C8H8BrF3N2/c9-7-4(3-13)1-5(2-6(7)14)8(10,11)12/h1-2H,3,13-14H2. The molecule has 0 amide bonds. The molecule has 0 heterocycles. The van der Waals surface area contributed by atoms with Crippen molar-refractivity contribution in [3.8, 4) is 0 Å². The van der Waals surface area contributed by atoms with Gasteiger partial charge in [-0.25, -0.2) is 0 Å². The Bertz CT molecular complexity index is 349. The lowest BCUT2D eigenvalue weighted by atomic mass is 10.1. The minimum atomic E-state index is -4.39. The molecule has 78 valence electrons. The van der Waals surface area contributed by atoms with E-state index in [4.69, 9.17) is 11.5 Å². The van der Waals surface area contributed by atoms with Crippen LogP contribution in [0.25, 0.3) is 0 Å². The lowest BCUT2D eigenvalue weighted by molar-refractivity contribution is -0.137. The van der Waals surface area contributed by atoms with Crippen molar-refractivity contribution < 1.29 is 13.2 Å². The van der Waals surface area contributed by atoms with Crippen LogP contribution < -0.4 is 11.5 Å². The molecule has 0 unspecified atom stereocenters. The monoisotopic (exact) mass is 268 g/mol. The van der Waals surface area contributed by atoms with Gasteiger partial charge < -0.3 is 11.5 Å². The van der Waals surface area contributed by atoms with Crippen LogP contribution in [0.15, 0.2) is 16.6 Å². The number of rotatable bonds is 1. The summed E-state index contributed by atoms with van der Waals surface area (Å²) in [7, 11) is 0. The summed E-state index contributed by atoms with van der Waals surface area (Å²) < 4.78 is 37.3. The number of benzene rings is 1. The van der Waals surface area contributed by atoms with Gasteiger partial charge in [0.1, 0.15) is 0 Å². The number of anilines is 1. The number of nitrogen functional groups attached to an aromatic ring is 1. The summed E-state index contributed by atoms with van der Waals surface area (Å²) in [5, 5.41) is 0. The van der Waals surface area contributed by atoms with Crippen LogP contribution in [0.3, 0.4) is 0 Å². The molecule has 14 heavy (non-hydrogen) atoms. The van der Waals surface area contributed by atoms with E-state index in [0.29, 0.717) is 10.0 Å². The van der Waals surface area contributed by atoms with Crippen molar-refractivity contribution in [1.82, 2.24) is 0 Å². The van der Waals surface area contributed by atoms with Crippen LogP contribution in [-0.4, -0.2) is 0 Å². The molecule has 0 spiro atoms. The first-order valence-electron chi connectivity index (χ1n) is 3.71. The molecule has 0 saturated heterocycles. The highest BCUT2D eigenvalue weighted by Gasteiger charge is 2.31. The number of hydrogen-bond acceptors (Lipinski definition) is 2. The molecule has 2 nitrogen and oxygen atoms in total. The maximum atomic E-state index is 12.3. The number of halogens is 4. The highest BCUT2D eigenvalue weighted by Crippen LogP contribution is 2.34. The van der Waals surface area contributed by atoms with Crippen molar-refractivity contribution in [2.24, 2.45) is 5.73 Å². The number of nitrogens with two attached hydrogens (primary N) is 2. The Balaban J connectivity index is 3.30. The summed E-state index contributed by atoms with van der Waals surface area (Å²) in [6.45, 7) is 0.00863. The van der Waals surface area contributed by atoms with Crippen LogP contribution in [0.4, 0.5) is 18.9 Å². The van der Waals surface area contributed by atoms with E-state index in [9.17, 15) is 13.2 Å². The molecule has 0 aromatic heterocycles. The molecular formula is C8H8BrF3N2. The number of alkyl halides is 3. The van der Waals surface area contributed by atoms with Gasteiger partial charge in [-0.15, -0.1) is 0 Å². The third-order valence-electron chi connectivity index (χ3n) is 1.72. The Morgan fingerprint density at radius 3 is 2.29 bits per heavy atom. The summed E-state index contributed by atoms with van der Waals surface area (Å²) in [6.07, 6.45) is -4.39. The average molecular weight is 269 g/mol. The van der Waals surface area contributed by atoms with Crippen LogP contribution in [0.2, 0.25) is 0 Å². The third-order valence-corrected chi connectivity index (χ3v) is 2.69. The zero-order valence-corrected chi connectivity index (χ0v) is 8.61. The minimum Gasteiger partial charge on any atom is -0.398 e. The smallest absolute Gasteiger partial charge is 0.398 e. The van der Waals surface area contributed by atoms with Crippen LogP contribution in [-0.2, 0) is 12.7 Å². The Morgan fingerprint density at radius 1 is 1.29 bits per heavy atom. The zero-order chi connectivity index (χ0) is 10.9. The molecule has 1 rings (SSSR count). The van der Waals surface area contributed by atoms with Crippen molar-refractivity contribution >= 4 is 21.6 Å². The second-order valence-electron chi connectivity index (χ2n) is 2.74. The fourth-order valence-electron chi connectivity index (χ4n) is 1.02. The van der Waals surface area contributed by atoms with Gasteiger partial charge >= 0.3 is 6.18 Å². The molecule has 0 fully saturated rings. The van der Waals surface area contributed by atoms with Crippen molar-refractivity contribution in [3.05, 3.63) is 27.7 Å². The van der Waals surface area contributed by atoms with E-state index in [0.717, 1.165) is 12.1 Å². The summed E-state index contributed by atoms with van der Waals surface area (Å²) in [5.74, 6) is 0. The Hall–Kier alpha value is -0.750. The Morgan fingerprint density at radius 2 is 1.86 bits per heavy atom. The molecule has 0 aliphatic heterocycles. The maximum Gasteiger partial charge on any atom is 0.416 e. The Kier molecular flexibility index (Phi) is 3.06. The molecule has 0 radical (unpaired) electrons. The SMILES string of the molecule is NCc1cc(C(F)(F)F)cc(N)c1Br. The molecule has 0 saturated carbocycles. The van der Waals surface area contributed by atoms with Gasteiger partial charge in [0.05, 0.1) is 5.56 Å².